The zero-order valence-corrected chi connectivity index (χ0v) is 15.7. The van der Waals surface area contributed by atoms with Crippen molar-refractivity contribution in [3.8, 4) is 0 Å². The van der Waals surface area contributed by atoms with Gasteiger partial charge in [0.1, 0.15) is 0 Å². The number of benzene rings is 1. The molecule has 0 aromatic heterocycles. The Hall–Kier alpha value is -1.77. The Labute approximate surface area is 160 Å². The highest BCUT2D eigenvalue weighted by Crippen LogP contribution is 2.44. The first-order valence-electron chi connectivity index (χ1n) is 8.95. The van der Waals surface area contributed by atoms with Crippen LogP contribution in [0.1, 0.15) is 51.0 Å². The second-order valence-corrected chi connectivity index (χ2v) is 6.39. The van der Waals surface area contributed by atoms with Gasteiger partial charge in [-0.1, -0.05) is 62.9 Å². The molecule has 1 aromatic carbocycles. The van der Waals surface area contributed by atoms with Gasteiger partial charge < -0.3 is 9.47 Å². The zero-order valence-electron chi connectivity index (χ0n) is 15.7. The van der Waals surface area contributed by atoms with E-state index in [-0.39, 0.29) is 6.42 Å². The molecule has 160 valence electrons. The number of rotatable bonds is 10. The Kier molecular flexibility index (Phi) is 8.78. The molecule has 0 radical (unpaired) electrons. The largest absolute Gasteiger partial charge is 0.450 e. The number of hydrogen-bond donors (Lipinski definition) is 0. The third kappa shape index (κ3) is 5.86. The van der Waals surface area contributed by atoms with Crippen LogP contribution in [-0.4, -0.2) is 31.5 Å². The molecule has 0 saturated heterocycles. The van der Waals surface area contributed by atoms with Crippen LogP contribution >= 0.6 is 0 Å². The minimum absolute atomic E-state index is 0.0782. The van der Waals surface area contributed by atoms with E-state index in [0.717, 1.165) is 25.0 Å². The lowest BCUT2D eigenvalue weighted by molar-refractivity contribution is -0.288. The Balaban J connectivity index is 3.09. The molecule has 28 heavy (non-hydrogen) atoms. The van der Waals surface area contributed by atoms with Gasteiger partial charge in [-0.25, -0.2) is 4.79 Å². The summed E-state index contributed by atoms with van der Waals surface area (Å²) in [4.78, 5) is 12.4. The van der Waals surface area contributed by atoms with Crippen molar-refractivity contribution in [2.75, 3.05) is 7.11 Å². The maximum absolute atomic E-state index is 13.7. The summed E-state index contributed by atoms with van der Waals surface area (Å²) in [5.41, 5.74) is -4.29. The number of methoxy groups -OCH3 is 1. The van der Waals surface area contributed by atoms with Crippen LogP contribution in [0, 0.1) is 0 Å². The topological polar surface area (TPSA) is 35.5 Å². The van der Waals surface area contributed by atoms with E-state index in [9.17, 15) is 31.1 Å². The molecule has 0 amide bonds. The fourth-order valence-corrected chi connectivity index (χ4v) is 2.82. The molecule has 0 unspecified atom stereocenters. The second kappa shape index (κ2) is 10.1. The van der Waals surface area contributed by atoms with E-state index >= 15 is 0 Å². The molecule has 1 aromatic rings. The van der Waals surface area contributed by atoms with Gasteiger partial charge in [0.15, 0.2) is 6.10 Å². The van der Waals surface area contributed by atoms with Crippen LogP contribution in [-0.2, 0) is 19.9 Å². The molecule has 0 fully saturated rings. The first kappa shape index (κ1) is 24.3. The van der Waals surface area contributed by atoms with Crippen molar-refractivity contribution in [1.82, 2.24) is 0 Å². The van der Waals surface area contributed by atoms with E-state index in [1.807, 2.05) is 6.92 Å². The minimum atomic E-state index is -5.32. The number of unbranched alkanes of at least 4 members (excludes halogenated alkanes) is 4. The van der Waals surface area contributed by atoms with Crippen molar-refractivity contribution < 1.29 is 40.6 Å². The predicted molar refractivity (Wildman–Crippen MR) is 90.5 cm³/mol. The van der Waals surface area contributed by atoms with Gasteiger partial charge in [-0.15, -0.1) is 0 Å². The van der Waals surface area contributed by atoms with Crippen LogP contribution in [0.5, 0.6) is 0 Å². The molecule has 0 N–H and O–H groups in total. The van der Waals surface area contributed by atoms with Crippen molar-refractivity contribution in [3.63, 3.8) is 0 Å². The van der Waals surface area contributed by atoms with E-state index in [1.54, 1.807) is 0 Å². The van der Waals surface area contributed by atoms with Crippen molar-refractivity contribution in [2.24, 2.45) is 0 Å². The Morgan fingerprint density at radius 2 is 1.54 bits per heavy atom. The zero-order chi connectivity index (χ0) is 21.4. The lowest BCUT2D eigenvalue weighted by atomic mass is 9.92. The van der Waals surface area contributed by atoms with Gasteiger partial charge >= 0.3 is 18.3 Å². The molecule has 0 heterocycles. The molecule has 2 atom stereocenters. The van der Waals surface area contributed by atoms with Crippen LogP contribution in [0.3, 0.4) is 0 Å². The van der Waals surface area contributed by atoms with Gasteiger partial charge in [0.05, 0.1) is 0 Å². The summed E-state index contributed by atoms with van der Waals surface area (Å²) in [6.45, 7) is 1.94. The Morgan fingerprint density at radius 3 is 2.00 bits per heavy atom. The van der Waals surface area contributed by atoms with Gasteiger partial charge in [-0.3, -0.25) is 0 Å². The minimum Gasteiger partial charge on any atom is -0.450 e. The summed E-state index contributed by atoms with van der Waals surface area (Å²) in [6.07, 6.45) is -10.6. The summed E-state index contributed by atoms with van der Waals surface area (Å²) in [5.74, 6) is -2.13. The summed E-state index contributed by atoms with van der Waals surface area (Å²) in [7, 11) is 0.606. The molecule has 0 spiro atoms. The number of carbonyl (C=O) groups excluding carboxylic acids is 1. The van der Waals surface area contributed by atoms with Crippen LogP contribution in [0.15, 0.2) is 30.3 Å². The number of halogens is 6. The molecule has 0 aliphatic heterocycles. The Morgan fingerprint density at radius 1 is 0.964 bits per heavy atom. The first-order valence-corrected chi connectivity index (χ1v) is 8.95. The maximum atomic E-state index is 13.7. The summed E-state index contributed by atoms with van der Waals surface area (Å²) in [5, 5.41) is 0. The van der Waals surface area contributed by atoms with Crippen LogP contribution in [0.2, 0.25) is 0 Å². The lowest BCUT2D eigenvalue weighted by Crippen LogP contribution is -2.53. The van der Waals surface area contributed by atoms with E-state index in [2.05, 4.69) is 9.47 Å². The van der Waals surface area contributed by atoms with Gasteiger partial charge in [0.25, 0.3) is 5.60 Å². The van der Waals surface area contributed by atoms with Crippen LogP contribution < -0.4 is 0 Å². The van der Waals surface area contributed by atoms with Gasteiger partial charge in [-0.2, -0.15) is 26.3 Å². The smallest absolute Gasteiger partial charge is 0.432 e. The first-order chi connectivity index (χ1) is 13.0. The number of alkyl halides is 6. The van der Waals surface area contributed by atoms with E-state index in [0.29, 0.717) is 20.0 Å². The van der Waals surface area contributed by atoms with E-state index in [4.69, 9.17) is 0 Å². The fraction of sp³-hybridized carbons (Fsp3) is 0.632. The highest BCUT2D eigenvalue weighted by molar-refractivity contribution is 5.82. The Bertz CT molecular complexity index is 600. The lowest BCUT2D eigenvalue weighted by Gasteiger charge is -2.34. The number of ether oxygens (including phenoxy) is 2. The molecule has 1 rings (SSSR count). The summed E-state index contributed by atoms with van der Waals surface area (Å²) >= 11 is 0. The van der Waals surface area contributed by atoms with E-state index in [1.165, 1.54) is 18.2 Å². The molecule has 0 bridgehead atoms. The number of carbonyl (C=O) groups is 1. The predicted octanol–water partition coefficient (Wildman–Crippen LogP) is 5.93. The van der Waals surface area contributed by atoms with Gasteiger partial charge in [-0.05, 0) is 12.8 Å². The van der Waals surface area contributed by atoms with Gasteiger partial charge in [0, 0.05) is 12.7 Å². The van der Waals surface area contributed by atoms with Crippen LogP contribution in [0.4, 0.5) is 26.3 Å². The van der Waals surface area contributed by atoms with E-state index < -0.39 is 42.0 Å². The number of esters is 1. The average molecular weight is 414 g/mol. The SMILES string of the molecule is CCCCCCC[C@@H](OC(=O)[C@@](OC)(c1ccccc1)C(F)(F)F)C(F)(F)F. The van der Waals surface area contributed by atoms with Crippen molar-refractivity contribution in [1.29, 1.82) is 0 Å². The van der Waals surface area contributed by atoms with Crippen molar-refractivity contribution >= 4 is 5.97 Å². The number of hydrogen-bond acceptors (Lipinski definition) is 3. The summed E-state index contributed by atoms with van der Waals surface area (Å²) in [6, 6.07) is 5.74. The second-order valence-electron chi connectivity index (χ2n) is 6.39. The molecule has 3 nitrogen and oxygen atoms in total. The fourth-order valence-electron chi connectivity index (χ4n) is 2.82. The molecule has 0 aliphatic carbocycles. The average Bonchev–Trinajstić information content (AvgIpc) is 2.60. The molecule has 0 aliphatic rings. The van der Waals surface area contributed by atoms with Crippen molar-refractivity contribution in [3.05, 3.63) is 35.9 Å². The quantitative estimate of drug-likeness (QED) is 0.271. The monoisotopic (exact) mass is 414 g/mol. The highest BCUT2D eigenvalue weighted by atomic mass is 19.4. The molecule has 0 saturated carbocycles. The third-order valence-electron chi connectivity index (χ3n) is 4.36. The highest BCUT2D eigenvalue weighted by Gasteiger charge is 2.65. The van der Waals surface area contributed by atoms with Gasteiger partial charge in [0.2, 0.25) is 0 Å². The standard InChI is InChI=1S/C19H24F6O3/c1-3-4-5-6-10-13-15(18(20,21)22)28-16(26)17(27-2,19(23,24)25)14-11-8-7-9-12-14/h7-9,11-12,15H,3-6,10,13H2,1-2H3/t15-,17+/m1/s1. The van der Waals surface area contributed by atoms with Crippen LogP contribution in [0.25, 0.3) is 0 Å². The molecular formula is C19H24F6O3. The van der Waals surface area contributed by atoms with Crippen molar-refractivity contribution in [2.45, 2.75) is 69.5 Å². The summed E-state index contributed by atoms with van der Waals surface area (Å²) < 4.78 is 89.8. The normalized spacial score (nSPS) is 15.7. The molecular weight excluding hydrogens is 390 g/mol. The maximum Gasteiger partial charge on any atom is 0.432 e. The molecule has 9 heteroatoms. The third-order valence-corrected chi connectivity index (χ3v) is 4.36.